The van der Waals surface area contributed by atoms with E-state index < -0.39 is 0 Å². The van der Waals surface area contributed by atoms with Crippen LogP contribution in [0.4, 0.5) is 0 Å². The molecule has 1 aromatic carbocycles. The van der Waals surface area contributed by atoms with E-state index in [1.807, 2.05) is 0 Å². The maximum absolute atomic E-state index is 11.9. The summed E-state index contributed by atoms with van der Waals surface area (Å²) in [7, 11) is 0. The van der Waals surface area contributed by atoms with Crippen molar-refractivity contribution >= 4 is 41.5 Å². The highest BCUT2D eigenvalue weighted by atomic mass is 35.5. The van der Waals surface area contributed by atoms with Crippen LogP contribution in [0.2, 0.25) is 10.0 Å². The molecule has 2 N–H and O–H groups in total. The Morgan fingerprint density at radius 3 is 2.78 bits per heavy atom. The van der Waals surface area contributed by atoms with Gasteiger partial charge in [-0.05, 0) is 31.5 Å². The molecule has 3 rings (SSSR count). The normalized spacial score (nSPS) is 16.9. The standard InChI is InChI=1S/C14H14Cl2N4O2.ClH/c15-8-3-1-4-9(16)12(8)13-19-11(22-20-13)7-18-14(21)10-5-2-6-17-10;/h1,3-4,10,17H,2,5-7H2,(H,18,21);1H. The van der Waals surface area contributed by atoms with Gasteiger partial charge in [-0.25, -0.2) is 0 Å². The molecule has 0 aliphatic carbocycles. The molecule has 2 aromatic rings. The predicted molar refractivity (Wildman–Crippen MR) is 89.9 cm³/mol. The number of rotatable bonds is 4. The highest BCUT2D eigenvalue weighted by Gasteiger charge is 2.22. The summed E-state index contributed by atoms with van der Waals surface area (Å²) < 4.78 is 5.13. The van der Waals surface area contributed by atoms with Gasteiger partial charge in [-0.1, -0.05) is 34.4 Å². The highest BCUT2D eigenvalue weighted by molar-refractivity contribution is 6.38. The first kappa shape index (κ1) is 18.0. The third-order valence-electron chi connectivity index (χ3n) is 3.45. The number of carbonyl (C=O) groups is 1. The molecule has 6 nitrogen and oxygen atoms in total. The minimum absolute atomic E-state index is 0. The molecule has 124 valence electrons. The van der Waals surface area contributed by atoms with Gasteiger partial charge in [0.05, 0.1) is 28.2 Å². The van der Waals surface area contributed by atoms with E-state index in [1.54, 1.807) is 18.2 Å². The number of nitrogens with one attached hydrogen (secondary N) is 2. The Morgan fingerprint density at radius 2 is 2.13 bits per heavy atom. The molecule has 23 heavy (non-hydrogen) atoms. The van der Waals surface area contributed by atoms with E-state index >= 15 is 0 Å². The van der Waals surface area contributed by atoms with Gasteiger partial charge in [-0.3, -0.25) is 4.79 Å². The first-order valence-corrected chi connectivity index (χ1v) is 7.69. The largest absolute Gasteiger partial charge is 0.346 e. The van der Waals surface area contributed by atoms with Crippen LogP contribution in [0.5, 0.6) is 0 Å². The minimum atomic E-state index is -0.139. The summed E-state index contributed by atoms with van der Waals surface area (Å²) in [6, 6.07) is 5.00. The van der Waals surface area contributed by atoms with E-state index in [1.165, 1.54) is 0 Å². The van der Waals surface area contributed by atoms with Crippen molar-refractivity contribution in [1.29, 1.82) is 0 Å². The summed E-state index contributed by atoms with van der Waals surface area (Å²) in [5.74, 6) is 0.546. The van der Waals surface area contributed by atoms with Crippen molar-refractivity contribution in [3.63, 3.8) is 0 Å². The Kier molecular flexibility index (Phi) is 6.24. The highest BCUT2D eigenvalue weighted by Crippen LogP contribution is 2.32. The number of halogens is 3. The Bertz CT molecular complexity index is 666. The lowest BCUT2D eigenvalue weighted by atomic mass is 10.2. The number of amides is 1. The third-order valence-corrected chi connectivity index (χ3v) is 4.08. The molecule has 0 radical (unpaired) electrons. The van der Waals surface area contributed by atoms with Crippen molar-refractivity contribution in [2.24, 2.45) is 0 Å². The van der Waals surface area contributed by atoms with Gasteiger partial charge in [-0.2, -0.15) is 4.98 Å². The fraction of sp³-hybridized carbons (Fsp3) is 0.357. The molecular formula is C14H15Cl3N4O2. The van der Waals surface area contributed by atoms with Crippen LogP contribution in [0.25, 0.3) is 11.4 Å². The molecule has 1 amide bonds. The molecule has 9 heteroatoms. The molecule has 1 aliphatic rings. The summed E-state index contributed by atoms with van der Waals surface area (Å²) >= 11 is 12.2. The molecule has 1 aliphatic heterocycles. The zero-order valence-corrected chi connectivity index (χ0v) is 14.3. The average Bonchev–Trinajstić information content (AvgIpc) is 3.16. The third kappa shape index (κ3) is 4.14. The molecule has 0 saturated carbocycles. The summed E-state index contributed by atoms with van der Waals surface area (Å²) in [4.78, 5) is 16.1. The topological polar surface area (TPSA) is 80.1 Å². The van der Waals surface area contributed by atoms with Crippen molar-refractivity contribution in [2.45, 2.75) is 25.4 Å². The van der Waals surface area contributed by atoms with Crippen LogP contribution in [0.15, 0.2) is 22.7 Å². The van der Waals surface area contributed by atoms with E-state index in [0.717, 1.165) is 19.4 Å². The summed E-state index contributed by atoms with van der Waals surface area (Å²) in [5.41, 5.74) is 0.518. The van der Waals surface area contributed by atoms with Crippen LogP contribution in [0.3, 0.4) is 0 Å². The summed E-state index contributed by atoms with van der Waals surface area (Å²) in [6.07, 6.45) is 1.85. The molecule has 1 aromatic heterocycles. The lowest BCUT2D eigenvalue weighted by molar-refractivity contribution is -0.123. The van der Waals surface area contributed by atoms with E-state index in [-0.39, 0.29) is 30.9 Å². The quantitative estimate of drug-likeness (QED) is 0.856. The summed E-state index contributed by atoms with van der Waals surface area (Å²) in [5, 5.41) is 10.6. The second kappa shape index (κ2) is 7.97. The van der Waals surface area contributed by atoms with Crippen LogP contribution >= 0.6 is 35.6 Å². The molecule has 1 saturated heterocycles. The van der Waals surface area contributed by atoms with Crippen molar-refractivity contribution in [1.82, 2.24) is 20.8 Å². The lowest BCUT2D eigenvalue weighted by Gasteiger charge is -2.08. The van der Waals surface area contributed by atoms with Gasteiger partial charge in [0.25, 0.3) is 0 Å². The number of hydrogen-bond donors (Lipinski definition) is 2. The van der Waals surface area contributed by atoms with Gasteiger partial charge in [0.15, 0.2) is 0 Å². The minimum Gasteiger partial charge on any atom is -0.346 e. The van der Waals surface area contributed by atoms with Crippen LogP contribution < -0.4 is 10.6 Å². The van der Waals surface area contributed by atoms with Crippen LogP contribution in [0.1, 0.15) is 18.7 Å². The van der Waals surface area contributed by atoms with Gasteiger partial charge >= 0.3 is 0 Å². The van der Waals surface area contributed by atoms with Crippen LogP contribution in [0, 0.1) is 0 Å². The first-order chi connectivity index (χ1) is 10.6. The maximum Gasteiger partial charge on any atom is 0.246 e. The Hall–Kier alpha value is -1.34. The number of nitrogens with zero attached hydrogens (tertiary/aromatic N) is 2. The van der Waals surface area contributed by atoms with E-state index in [2.05, 4.69) is 20.8 Å². The molecule has 0 bridgehead atoms. The molecule has 1 atom stereocenters. The van der Waals surface area contributed by atoms with Crippen molar-refractivity contribution in [3.05, 3.63) is 34.1 Å². The van der Waals surface area contributed by atoms with Gasteiger partial charge in [0, 0.05) is 0 Å². The van der Waals surface area contributed by atoms with Crippen LogP contribution in [-0.2, 0) is 11.3 Å². The fourth-order valence-electron chi connectivity index (χ4n) is 2.33. The van der Waals surface area contributed by atoms with Gasteiger partial charge < -0.3 is 15.2 Å². The second-order valence-corrected chi connectivity index (χ2v) is 5.79. The van der Waals surface area contributed by atoms with Gasteiger partial charge in [0.1, 0.15) is 0 Å². The van der Waals surface area contributed by atoms with Crippen LogP contribution in [-0.4, -0.2) is 28.6 Å². The second-order valence-electron chi connectivity index (χ2n) is 4.98. The van der Waals surface area contributed by atoms with Crippen molar-refractivity contribution < 1.29 is 9.32 Å². The number of hydrogen-bond acceptors (Lipinski definition) is 5. The van der Waals surface area contributed by atoms with E-state index in [0.29, 0.717) is 27.3 Å². The van der Waals surface area contributed by atoms with Gasteiger partial charge in [-0.15, -0.1) is 12.4 Å². The van der Waals surface area contributed by atoms with E-state index in [4.69, 9.17) is 27.7 Å². The number of carbonyl (C=O) groups excluding carboxylic acids is 1. The Labute approximate surface area is 149 Å². The van der Waals surface area contributed by atoms with Crippen molar-refractivity contribution in [3.8, 4) is 11.4 Å². The number of aromatic nitrogens is 2. The first-order valence-electron chi connectivity index (χ1n) is 6.93. The monoisotopic (exact) mass is 376 g/mol. The van der Waals surface area contributed by atoms with Crippen molar-refractivity contribution in [2.75, 3.05) is 6.54 Å². The number of benzene rings is 1. The molecule has 2 heterocycles. The zero-order valence-electron chi connectivity index (χ0n) is 12.0. The lowest BCUT2D eigenvalue weighted by Crippen LogP contribution is -2.40. The molecular weight excluding hydrogens is 363 g/mol. The Morgan fingerprint density at radius 1 is 1.39 bits per heavy atom. The van der Waals surface area contributed by atoms with E-state index in [9.17, 15) is 4.79 Å². The maximum atomic E-state index is 11.9. The molecule has 1 fully saturated rings. The SMILES string of the molecule is Cl.O=C(NCc1nc(-c2c(Cl)cccc2Cl)no1)C1CCCN1. The average molecular weight is 378 g/mol. The van der Waals surface area contributed by atoms with Gasteiger partial charge in [0.2, 0.25) is 17.6 Å². The predicted octanol–water partition coefficient (Wildman–Crippen LogP) is 2.83. The fourth-order valence-corrected chi connectivity index (χ4v) is 2.90. The molecule has 0 spiro atoms. The summed E-state index contributed by atoms with van der Waals surface area (Å²) in [6.45, 7) is 1.04. The Balaban J connectivity index is 0.00000192. The molecule has 1 unspecified atom stereocenters. The smallest absolute Gasteiger partial charge is 0.246 e. The zero-order chi connectivity index (χ0) is 15.5.